The highest BCUT2D eigenvalue weighted by molar-refractivity contribution is 7.92. The fourth-order valence-corrected chi connectivity index (χ4v) is 4.18. The first kappa shape index (κ1) is 25.1. The van der Waals surface area contributed by atoms with Gasteiger partial charge in [0, 0.05) is 17.8 Å². The van der Waals surface area contributed by atoms with Gasteiger partial charge in [0.1, 0.15) is 24.2 Å². The van der Waals surface area contributed by atoms with Crippen LogP contribution in [-0.4, -0.2) is 45.3 Å². The Balaban J connectivity index is 1.57. The van der Waals surface area contributed by atoms with E-state index in [4.69, 9.17) is 9.47 Å². The molecule has 0 bridgehead atoms. The molecule has 3 rings (SSSR count). The molecule has 1 atom stereocenters. The normalized spacial score (nSPS) is 12.0. The number of sulfonamides is 1. The summed E-state index contributed by atoms with van der Waals surface area (Å²) < 4.78 is 38.9. The molecule has 0 saturated heterocycles. The van der Waals surface area contributed by atoms with Crippen molar-refractivity contribution in [2.45, 2.75) is 24.8 Å². The molecule has 3 aromatic carbocycles. The molecular weight excluding hydrogens is 456 g/mol. The third-order valence-corrected chi connectivity index (χ3v) is 6.13. The smallest absolute Gasteiger partial charge is 0.261 e. The lowest BCUT2D eigenvalue weighted by Gasteiger charge is -2.14. The Morgan fingerprint density at radius 1 is 0.971 bits per heavy atom. The van der Waals surface area contributed by atoms with Gasteiger partial charge in [-0.1, -0.05) is 18.2 Å². The van der Waals surface area contributed by atoms with Crippen LogP contribution in [0.4, 0.5) is 5.69 Å². The minimum absolute atomic E-state index is 0.00413. The van der Waals surface area contributed by atoms with Crippen molar-refractivity contribution in [2.75, 3.05) is 24.5 Å². The highest BCUT2D eigenvalue weighted by atomic mass is 32.2. The summed E-state index contributed by atoms with van der Waals surface area (Å²) >= 11 is 0. The summed E-state index contributed by atoms with van der Waals surface area (Å²) in [5.41, 5.74) is 1.56. The quantitative estimate of drug-likeness (QED) is 0.385. The number of aryl methyl sites for hydroxylation is 1. The van der Waals surface area contributed by atoms with Gasteiger partial charge in [0.25, 0.3) is 15.9 Å². The monoisotopic (exact) mass is 484 g/mol. The molecule has 0 aliphatic rings. The van der Waals surface area contributed by atoms with E-state index in [0.717, 1.165) is 5.56 Å². The minimum atomic E-state index is -3.91. The summed E-state index contributed by atoms with van der Waals surface area (Å²) in [5, 5.41) is 12.7. The van der Waals surface area contributed by atoms with Crippen molar-refractivity contribution >= 4 is 21.6 Å². The van der Waals surface area contributed by atoms with Gasteiger partial charge >= 0.3 is 0 Å². The van der Waals surface area contributed by atoms with Crippen LogP contribution in [-0.2, 0) is 10.0 Å². The topological polar surface area (TPSA) is 114 Å². The number of nitrogens with one attached hydrogen (secondary N) is 2. The van der Waals surface area contributed by atoms with Crippen LogP contribution in [0.15, 0.2) is 77.7 Å². The fourth-order valence-electron chi connectivity index (χ4n) is 3.07. The standard InChI is InChI=1S/C25H28N2O6S/c1-3-32-22-12-10-20(11-13-22)27-34(30,31)24-9-5-7-19(15-24)25(29)26-16-21(28)17-33-23-8-4-6-18(2)14-23/h4-15,21,27-28H,3,16-17H2,1-2H3,(H,26,29). The molecule has 0 aliphatic carbocycles. The van der Waals surface area contributed by atoms with E-state index in [1.807, 2.05) is 32.0 Å². The molecular formula is C25H28N2O6S. The predicted octanol–water partition coefficient (Wildman–Crippen LogP) is 3.36. The van der Waals surface area contributed by atoms with Crippen molar-refractivity contribution in [1.82, 2.24) is 5.32 Å². The Hall–Kier alpha value is -3.56. The summed E-state index contributed by atoms with van der Waals surface area (Å²) in [4.78, 5) is 12.5. The largest absolute Gasteiger partial charge is 0.494 e. The molecule has 1 amide bonds. The van der Waals surface area contributed by atoms with Crippen molar-refractivity contribution in [3.05, 3.63) is 83.9 Å². The molecule has 1 unspecified atom stereocenters. The van der Waals surface area contributed by atoms with Crippen LogP contribution in [0.3, 0.4) is 0 Å². The number of aliphatic hydroxyl groups excluding tert-OH is 1. The lowest BCUT2D eigenvalue weighted by Crippen LogP contribution is -2.35. The number of hydrogen-bond donors (Lipinski definition) is 3. The molecule has 180 valence electrons. The summed E-state index contributed by atoms with van der Waals surface area (Å²) in [6.07, 6.45) is -0.933. The van der Waals surface area contributed by atoms with Crippen LogP contribution < -0.4 is 19.5 Å². The molecule has 0 aromatic heterocycles. The van der Waals surface area contributed by atoms with E-state index in [1.165, 1.54) is 24.3 Å². The first-order valence-corrected chi connectivity index (χ1v) is 12.3. The van der Waals surface area contributed by atoms with Crippen LogP contribution in [0.25, 0.3) is 0 Å². The number of ether oxygens (including phenoxy) is 2. The Kier molecular flexibility index (Phi) is 8.50. The molecule has 0 radical (unpaired) electrons. The molecule has 8 nitrogen and oxygen atoms in total. The first-order valence-electron chi connectivity index (χ1n) is 10.8. The highest BCUT2D eigenvalue weighted by Gasteiger charge is 2.17. The van der Waals surface area contributed by atoms with Gasteiger partial charge in [0.05, 0.1) is 11.5 Å². The summed E-state index contributed by atoms with van der Waals surface area (Å²) in [7, 11) is -3.91. The number of benzene rings is 3. The first-order chi connectivity index (χ1) is 16.3. The second-order valence-corrected chi connectivity index (χ2v) is 9.26. The number of anilines is 1. The van der Waals surface area contributed by atoms with Crippen molar-refractivity contribution in [2.24, 2.45) is 0 Å². The molecule has 0 fully saturated rings. The number of carbonyl (C=O) groups excluding carboxylic acids is 1. The highest BCUT2D eigenvalue weighted by Crippen LogP contribution is 2.20. The number of amides is 1. The van der Waals surface area contributed by atoms with Gasteiger partial charge in [0.2, 0.25) is 0 Å². The number of aliphatic hydroxyl groups is 1. The van der Waals surface area contributed by atoms with Gasteiger partial charge < -0.3 is 19.9 Å². The van der Waals surface area contributed by atoms with Crippen LogP contribution >= 0.6 is 0 Å². The zero-order valence-electron chi connectivity index (χ0n) is 19.0. The molecule has 3 aromatic rings. The van der Waals surface area contributed by atoms with Gasteiger partial charge in [-0.15, -0.1) is 0 Å². The Morgan fingerprint density at radius 2 is 1.71 bits per heavy atom. The Bertz CT molecular complexity index is 1210. The average molecular weight is 485 g/mol. The maximum Gasteiger partial charge on any atom is 0.261 e. The van der Waals surface area contributed by atoms with E-state index in [0.29, 0.717) is 23.8 Å². The minimum Gasteiger partial charge on any atom is -0.494 e. The summed E-state index contributed by atoms with van der Waals surface area (Å²) in [6.45, 7) is 4.26. The van der Waals surface area contributed by atoms with Crippen molar-refractivity contribution in [3.63, 3.8) is 0 Å². The van der Waals surface area contributed by atoms with Gasteiger partial charge in [0.15, 0.2) is 0 Å². The Labute approximate surface area is 199 Å². The maximum absolute atomic E-state index is 12.8. The lowest BCUT2D eigenvalue weighted by molar-refractivity contribution is 0.0843. The molecule has 0 heterocycles. The fraction of sp³-hybridized carbons (Fsp3) is 0.240. The van der Waals surface area contributed by atoms with E-state index in [1.54, 1.807) is 30.3 Å². The Morgan fingerprint density at radius 3 is 2.41 bits per heavy atom. The molecule has 9 heteroatoms. The van der Waals surface area contributed by atoms with Gasteiger partial charge in [-0.3, -0.25) is 9.52 Å². The van der Waals surface area contributed by atoms with Crippen LogP contribution in [0, 0.1) is 6.92 Å². The molecule has 0 aliphatic heterocycles. The maximum atomic E-state index is 12.8. The van der Waals surface area contributed by atoms with Crippen LogP contribution in [0.2, 0.25) is 0 Å². The van der Waals surface area contributed by atoms with E-state index in [2.05, 4.69) is 10.0 Å². The molecule has 3 N–H and O–H groups in total. The van der Waals surface area contributed by atoms with E-state index < -0.39 is 22.0 Å². The zero-order chi connectivity index (χ0) is 24.6. The van der Waals surface area contributed by atoms with E-state index in [-0.39, 0.29) is 23.6 Å². The second kappa shape index (κ2) is 11.5. The predicted molar refractivity (Wildman–Crippen MR) is 130 cm³/mol. The van der Waals surface area contributed by atoms with Gasteiger partial charge in [-0.05, 0) is 74.0 Å². The van der Waals surface area contributed by atoms with Gasteiger partial charge in [-0.2, -0.15) is 0 Å². The van der Waals surface area contributed by atoms with Crippen LogP contribution in [0.1, 0.15) is 22.8 Å². The SMILES string of the molecule is CCOc1ccc(NS(=O)(=O)c2cccc(C(=O)NCC(O)COc3cccc(C)c3)c2)cc1. The molecule has 0 spiro atoms. The van der Waals surface area contributed by atoms with E-state index in [9.17, 15) is 18.3 Å². The second-order valence-electron chi connectivity index (χ2n) is 7.58. The van der Waals surface area contributed by atoms with Crippen LogP contribution in [0.5, 0.6) is 11.5 Å². The van der Waals surface area contributed by atoms with Crippen molar-refractivity contribution < 1.29 is 27.8 Å². The summed E-state index contributed by atoms with van der Waals surface area (Å²) in [5.74, 6) is 0.756. The van der Waals surface area contributed by atoms with E-state index >= 15 is 0 Å². The zero-order valence-corrected chi connectivity index (χ0v) is 19.8. The number of rotatable bonds is 11. The van der Waals surface area contributed by atoms with Crippen molar-refractivity contribution in [1.29, 1.82) is 0 Å². The lowest BCUT2D eigenvalue weighted by atomic mass is 10.2. The van der Waals surface area contributed by atoms with Gasteiger partial charge in [-0.25, -0.2) is 8.42 Å². The molecule has 0 saturated carbocycles. The average Bonchev–Trinajstić information content (AvgIpc) is 2.82. The number of hydrogen-bond acceptors (Lipinski definition) is 6. The summed E-state index contributed by atoms with van der Waals surface area (Å²) in [6, 6.07) is 19.6. The third-order valence-electron chi connectivity index (χ3n) is 4.75. The van der Waals surface area contributed by atoms with Crippen molar-refractivity contribution in [3.8, 4) is 11.5 Å². The third kappa shape index (κ3) is 7.23. The molecule has 34 heavy (non-hydrogen) atoms. The number of carbonyl (C=O) groups is 1.